The number of benzene rings is 1. The molecule has 0 heterocycles. The fraction of sp³-hybridized carbons (Fsp3) is 0.429. The summed E-state index contributed by atoms with van der Waals surface area (Å²) in [6, 6.07) is 2.76. The summed E-state index contributed by atoms with van der Waals surface area (Å²) in [5, 5.41) is 13.8. The van der Waals surface area contributed by atoms with Crippen LogP contribution in [0.5, 0.6) is 0 Å². The maximum Gasteiger partial charge on any atom is 0.326 e. The molecular formula is C14H19FN2O3. The Balaban J connectivity index is 2.65. The van der Waals surface area contributed by atoms with Crippen LogP contribution >= 0.6 is 0 Å². The van der Waals surface area contributed by atoms with Crippen molar-refractivity contribution in [1.29, 1.82) is 0 Å². The van der Waals surface area contributed by atoms with Crippen molar-refractivity contribution < 1.29 is 19.1 Å². The molecule has 1 aromatic rings. The molecule has 0 bridgehead atoms. The van der Waals surface area contributed by atoms with Crippen LogP contribution in [0.2, 0.25) is 0 Å². The van der Waals surface area contributed by atoms with Gasteiger partial charge in [-0.05, 0) is 37.5 Å². The minimum absolute atomic E-state index is 0.288. The number of carboxylic acid groups (broad SMARTS) is 1. The molecule has 0 aliphatic carbocycles. The third kappa shape index (κ3) is 4.22. The van der Waals surface area contributed by atoms with E-state index in [4.69, 9.17) is 5.11 Å². The van der Waals surface area contributed by atoms with Gasteiger partial charge in [0.15, 0.2) is 0 Å². The number of amides is 2. The van der Waals surface area contributed by atoms with Crippen molar-refractivity contribution in [3.8, 4) is 0 Å². The number of urea groups is 1. The number of halogens is 1. The van der Waals surface area contributed by atoms with Crippen molar-refractivity contribution >= 4 is 12.0 Å². The molecule has 1 aromatic carbocycles. The largest absolute Gasteiger partial charge is 0.480 e. The molecule has 2 atom stereocenters. The molecular weight excluding hydrogens is 263 g/mol. The first-order valence-electron chi connectivity index (χ1n) is 6.41. The monoisotopic (exact) mass is 282 g/mol. The van der Waals surface area contributed by atoms with Gasteiger partial charge in [-0.25, -0.2) is 14.0 Å². The Hall–Kier alpha value is -2.11. The third-order valence-corrected chi connectivity index (χ3v) is 3.06. The lowest BCUT2D eigenvalue weighted by Gasteiger charge is -2.18. The summed E-state index contributed by atoms with van der Waals surface area (Å²) in [4.78, 5) is 22.5. The lowest BCUT2D eigenvalue weighted by atomic mass is 10.1. The Morgan fingerprint density at radius 3 is 2.50 bits per heavy atom. The van der Waals surface area contributed by atoms with Gasteiger partial charge in [-0.15, -0.1) is 0 Å². The number of nitrogens with one attached hydrogen (secondary N) is 2. The van der Waals surface area contributed by atoms with E-state index >= 15 is 0 Å². The fourth-order valence-corrected chi connectivity index (χ4v) is 1.70. The molecule has 6 heteroatoms. The van der Waals surface area contributed by atoms with Crippen LogP contribution in [-0.4, -0.2) is 23.1 Å². The zero-order valence-electron chi connectivity index (χ0n) is 11.7. The molecule has 0 aromatic heterocycles. The average molecular weight is 282 g/mol. The Bertz CT molecular complexity index is 505. The van der Waals surface area contributed by atoms with Gasteiger partial charge < -0.3 is 15.7 Å². The molecule has 0 saturated carbocycles. The number of carboxylic acids is 1. The highest BCUT2D eigenvalue weighted by molar-refractivity contribution is 5.82. The molecule has 5 nitrogen and oxygen atoms in total. The van der Waals surface area contributed by atoms with Crippen LogP contribution < -0.4 is 10.6 Å². The number of aliphatic carboxylic acids is 1. The van der Waals surface area contributed by atoms with Crippen molar-refractivity contribution in [2.24, 2.45) is 0 Å². The Labute approximate surface area is 117 Å². The summed E-state index contributed by atoms with van der Waals surface area (Å²) < 4.78 is 13.4. The van der Waals surface area contributed by atoms with Gasteiger partial charge in [0.2, 0.25) is 0 Å². The molecule has 110 valence electrons. The minimum Gasteiger partial charge on any atom is -0.480 e. The molecule has 0 aliphatic rings. The summed E-state index contributed by atoms with van der Waals surface area (Å²) in [7, 11) is 0. The highest BCUT2D eigenvalue weighted by Crippen LogP contribution is 2.16. The second-order valence-electron chi connectivity index (χ2n) is 4.65. The number of rotatable bonds is 5. The topological polar surface area (TPSA) is 78.4 Å². The van der Waals surface area contributed by atoms with Gasteiger partial charge in [-0.2, -0.15) is 0 Å². The predicted molar refractivity (Wildman–Crippen MR) is 72.9 cm³/mol. The number of carbonyl (C=O) groups is 2. The molecule has 0 spiro atoms. The number of carbonyl (C=O) groups excluding carboxylic acids is 1. The Morgan fingerprint density at radius 2 is 2.00 bits per heavy atom. The summed E-state index contributed by atoms with van der Waals surface area (Å²) >= 11 is 0. The highest BCUT2D eigenvalue weighted by atomic mass is 19.1. The lowest BCUT2D eigenvalue weighted by molar-refractivity contribution is -0.139. The molecule has 1 rings (SSSR count). The summed E-state index contributed by atoms with van der Waals surface area (Å²) in [5.74, 6) is -1.43. The molecule has 0 fully saturated rings. The van der Waals surface area contributed by atoms with Gasteiger partial charge in [0.1, 0.15) is 11.9 Å². The predicted octanol–water partition coefficient (Wildman–Crippen LogP) is 2.36. The molecule has 0 radical (unpaired) electrons. The third-order valence-electron chi connectivity index (χ3n) is 3.06. The van der Waals surface area contributed by atoms with E-state index in [-0.39, 0.29) is 12.2 Å². The van der Waals surface area contributed by atoms with E-state index in [1.807, 2.05) is 0 Å². The van der Waals surface area contributed by atoms with Gasteiger partial charge >= 0.3 is 12.0 Å². The number of hydrogen-bond acceptors (Lipinski definition) is 2. The maximum atomic E-state index is 13.4. The SMILES string of the molecule is CCC(NC(=O)NC(C)c1ccc(C)c(F)c1)C(=O)O. The van der Waals surface area contributed by atoms with E-state index in [0.29, 0.717) is 11.1 Å². The minimum atomic E-state index is -1.09. The molecule has 0 saturated heterocycles. The number of hydrogen-bond donors (Lipinski definition) is 3. The molecule has 2 unspecified atom stereocenters. The molecule has 2 amide bonds. The van der Waals surface area contributed by atoms with Crippen LogP contribution in [-0.2, 0) is 4.79 Å². The zero-order chi connectivity index (χ0) is 15.3. The second kappa shape index (κ2) is 6.88. The van der Waals surface area contributed by atoms with Crippen molar-refractivity contribution in [2.75, 3.05) is 0 Å². The quantitative estimate of drug-likeness (QED) is 0.775. The lowest BCUT2D eigenvalue weighted by Crippen LogP contribution is -2.46. The molecule has 0 aliphatic heterocycles. The number of aryl methyl sites for hydroxylation is 1. The summed E-state index contributed by atoms with van der Waals surface area (Å²) in [6.07, 6.45) is 0.288. The normalized spacial score (nSPS) is 13.4. The first-order chi connectivity index (χ1) is 9.35. The average Bonchev–Trinajstić information content (AvgIpc) is 2.38. The molecule has 20 heavy (non-hydrogen) atoms. The Kier molecular flexibility index (Phi) is 5.49. The van der Waals surface area contributed by atoms with Crippen LogP contribution in [0.4, 0.5) is 9.18 Å². The van der Waals surface area contributed by atoms with Crippen molar-refractivity contribution in [1.82, 2.24) is 10.6 Å². The maximum absolute atomic E-state index is 13.4. The smallest absolute Gasteiger partial charge is 0.326 e. The van der Waals surface area contributed by atoms with Crippen LogP contribution in [0.1, 0.15) is 37.4 Å². The van der Waals surface area contributed by atoms with Gasteiger partial charge in [-0.1, -0.05) is 19.1 Å². The van der Waals surface area contributed by atoms with Crippen molar-refractivity contribution in [3.63, 3.8) is 0 Å². The van der Waals surface area contributed by atoms with E-state index < -0.39 is 24.1 Å². The van der Waals surface area contributed by atoms with Crippen molar-refractivity contribution in [3.05, 3.63) is 35.1 Å². The van der Waals surface area contributed by atoms with E-state index in [1.165, 1.54) is 6.07 Å². The van der Waals surface area contributed by atoms with Gasteiger partial charge in [0.25, 0.3) is 0 Å². The van der Waals surface area contributed by atoms with Gasteiger partial charge in [-0.3, -0.25) is 0 Å². The van der Waals surface area contributed by atoms with Gasteiger partial charge in [0, 0.05) is 0 Å². The second-order valence-corrected chi connectivity index (χ2v) is 4.65. The first kappa shape index (κ1) is 15.9. The summed E-state index contributed by atoms with van der Waals surface area (Å²) in [6.45, 7) is 5.02. The fourth-order valence-electron chi connectivity index (χ4n) is 1.70. The van der Waals surface area contributed by atoms with E-state index in [1.54, 1.807) is 32.9 Å². The van der Waals surface area contributed by atoms with Crippen LogP contribution in [0.3, 0.4) is 0 Å². The van der Waals surface area contributed by atoms with E-state index in [2.05, 4.69) is 10.6 Å². The molecule has 3 N–H and O–H groups in total. The van der Waals surface area contributed by atoms with Gasteiger partial charge in [0.05, 0.1) is 6.04 Å². The highest BCUT2D eigenvalue weighted by Gasteiger charge is 2.19. The zero-order valence-corrected chi connectivity index (χ0v) is 11.7. The summed E-state index contributed by atoms with van der Waals surface area (Å²) in [5.41, 5.74) is 1.15. The standard InChI is InChI=1S/C14H19FN2O3/c1-4-12(13(18)19)17-14(20)16-9(3)10-6-5-8(2)11(15)7-10/h5-7,9,12H,4H2,1-3H3,(H,18,19)(H2,16,17,20). The van der Waals surface area contributed by atoms with E-state index in [9.17, 15) is 14.0 Å². The van der Waals surface area contributed by atoms with Crippen LogP contribution in [0, 0.1) is 12.7 Å². The first-order valence-corrected chi connectivity index (χ1v) is 6.41. The van der Waals surface area contributed by atoms with E-state index in [0.717, 1.165) is 0 Å². The van der Waals surface area contributed by atoms with Crippen LogP contribution in [0.15, 0.2) is 18.2 Å². The van der Waals surface area contributed by atoms with Crippen molar-refractivity contribution in [2.45, 2.75) is 39.3 Å². The van der Waals surface area contributed by atoms with Crippen LogP contribution in [0.25, 0.3) is 0 Å². The Morgan fingerprint density at radius 1 is 1.35 bits per heavy atom.